The first-order valence-electron chi connectivity index (χ1n) is 5.37. The summed E-state index contributed by atoms with van der Waals surface area (Å²) in [6.45, 7) is 3.41. The van der Waals surface area contributed by atoms with Crippen LogP contribution >= 0.6 is 0 Å². The Morgan fingerprint density at radius 3 is 2.12 bits per heavy atom. The normalized spacial score (nSPS) is 9.75. The van der Waals surface area contributed by atoms with Crippen LogP contribution < -0.4 is 4.57 Å². The maximum atomic E-state index is 8.44. The summed E-state index contributed by atoms with van der Waals surface area (Å²) in [6, 6.07) is 6.22. The summed E-state index contributed by atoms with van der Waals surface area (Å²) in [5.41, 5.74) is 0. The van der Waals surface area contributed by atoms with E-state index in [1.54, 1.807) is 0 Å². The lowest BCUT2D eigenvalue weighted by Crippen LogP contribution is -2.32. The van der Waals surface area contributed by atoms with Gasteiger partial charge in [-0.25, -0.2) is 4.57 Å². The van der Waals surface area contributed by atoms with Gasteiger partial charge in [0.15, 0.2) is 12.4 Å². The van der Waals surface area contributed by atoms with Gasteiger partial charge in [0, 0.05) is 18.6 Å². The summed E-state index contributed by atoms with van der Waals surface area (Å²) in [5, 5.41) is 0. The highest BCUT2D eigenvalue weighted by molar-refractivity contribution is 7.72. The predicted octanol–water partition coefficient (Wildman–Crippen LogP) is 1.55. The number of nitrogens with zero attached hydrogens (tertiary/aromatic N) is 1. The molecule has 0 saturated carbocycles. The number of aromatic nitrogens is 1. The van der Waals surface area contributed by atoms with Crippen molar-refractivity contribution >= 4 is 11.4 Å². The van der Waals surface area contributed by atoms with Crippen LogP contribution in [-0.4, -0.2) is 13.3 Å². The molecule has 0 N–H and O–H groups in total. The Kier molecular flexibility index (Phi) is 10.2. The molecule has 0 bridgehead atoms. The minimum Gasteiger partial charge on any atom is -0.784 e. The minimum absolute atomic E-state index is 1.17. The second kappa shape index (κ2) is 10.7. The third-order valence-electron chi connectivity index (χ3n) is 2.05. The SMILES string of the molecule is CCCCCC[n+]1ccccc1.O=S([O-])[O-]. The van der Waals surface area contributed by atoms with Crippen LogP contribution in [-0.2, 0) is 17.9 Å². The molecule has 0 amide bonds. The number of hydrogen-bond donors (Lipinski definition) is 0. The molecule has 1 heterocycles. The quantitative estimate of drug-likeness (QED) is 0.448. The zero-order chi connectivity index (χ0) is 12.2. The summed E-state index contributed by atoms with van der Waals surface area (Å²) >= 11 is -3.11. The van der Waals surface area contributed by atoms with Gasteiger partial charge in [-0.2, -0.15) is 0 Å². The van der Waals surface area contributed by atoms with Crippen molar-refractivity contribution in [1.82, 2.24) is 0 Å². The first-order valence-corrected chi connectivity index (χ1v) is 6.37. The molecule has 0 atom stereocenters. The van der Waals surface area contributed by atoms with E-state index >= 15 is 0 Å². The maximum Gasteiger partial charge on any atom is 0.168 e. The van der Waals surface area contributed by atoms with Gasteiger partial charge in [0.25, 0.3) is 0 Å². The van der Waals surface area contributed by atoms with Gasteiger partial charge in [-0.1, -0.05) is 25.8 Å². The van der Waals surface area contributed by atoms with Crippen molar-refractivity contribution < 1.29 is 17.9 Å². The number of hydrogen-bond acceptors (Lipinski definition) is 3. The summed E-state index contributed by atoms with van der Waals surface area (Å²) in [7, 11) is 0. The molecule has 0 saturated heterocycles. The molecule has 0 aliphatic heterocycles. The highest BCUT2D eigenvalue weighted by atomic mass is 32.2. The molecule has 0 unspecified atom stereocenters. The van der Waals surface area contributed by atoms with Crippen LogP contribution in [0.1, 0.15) is 32.6 Å². The molecule has 0 aromatic carbocycles. The summed E-state index contributed by atoms with van der Waals surface area (Å²) in [5.74, 6) is 0. The van der Waals surface area contributed by atoms with Gasteiger partial charge < -0.3 is 9.11 Å². The molecule has 0 spiro atoms. The fourth-order valence-corrected chi connectivity index (χ4v) is 1.30. The lowest BCUT2D eigenvalue weighted by Gasteiger charge is -2.03. The molecule has 5 heteroatoms. The lowest BCUT2D eigenvalue weighted by molar-refractivity contribution is -0.697. The molecule has 0 radical (unpaired) electrons. The maximum absolute atomic E-state index is 8.44. The Morgan fingerprint density at radius 2 is 1.62 bits per heavy atom. The molecule has 0 aliphatic carbocycles. The molecule has 0 fully saturated rings. The van der Waals surface area contributed by atoms with Gasteiger partial charge in [-0.15, -0.1) is 11.4 Å². The Labute approximate surface area is 99.4 Å². The average Bonchev–Trinajstić information content (AvgIpc) is 2.25. The van der Waals surface area contributed by atoms with Crippen LogP contribution in [0.15, 0.2) is 30.6 Å². The molecule has 0 aliphatic rings. The van der Waals surface area contributed by atoms with Gasteiger partial charge in [-0.05, 0) is 6.42 Å². The van der Waals surface area contributed by atoms with Gasteiger partial charge in [-0.3, -0.25) is 4.21 Å². The van der Waals surface area contributed by atoms with Gasteiger partial charge in [0.1, 0.15) is 6.54 Å². The van der Waals surface area contributed by atoms with Crippen LogP contribution in [0.25, 0.3) is 0 Å². The van der Waals surface area contributed by atoms with Gasteiger partial charge in [0.05, 0.1) is 0 Å². The summed E-state index contributed by atoms with van der Waals surface area (Å²) in [6.07, 6.45) is 9.62. The molecular weight excluding hydrogens is 226 g/mol. The van der Waals surface area contributed by atoms with Crippen molar-refractivity contribution in [2.45, 2.75) is 39.2 Å². The molecular formula is C11H18NO3S-. The fraction of sp³-hybridized carbons (Fsp3) is 0.545. The predicted molar refractivity (Wildman–Crippen MR) is 60.5 cm³/mol. The zero-order valence-electron chi connectivity index (χ0n) is 9.50. The van der Waals surface area contributed by atoms with Crippen molar-refractivity contribution in [3.8, 4) is 0 Å². The van der Waals surface area contributed by atoms with Crippen molar-refractivity contribution in [2.24, 2.45) is 0 Å². The first-order chi connectivity index (χ1) is 7.66. The van der Waals surface area contributed by atoms with Gasteiger partial charge >= 0.3 is 0 Å². The highest BCUT2D eigenvalue weighted by Crippen LogP contribution is 1.97. The van der Waals surface area contributed by atoms with E-state index in [-0.39, 0.29) is 0 Å². The van der Waals surface area contributed by atoms with Crippen LogP contribution in [0.5, 0.6) is 0 Å². The molecule has 92 valence electrons. The van der Waals surface area contributed by atoms with E-state index in [4.69, 9.17) is 13.3 Å². The standard InChI is InChI=1S/C11H18N.H2O3S/c1-2-3-4-6-9-12-10-7-5-8-11-12;1-4(2)3/h5,7-8,10-11H,2-4,6,9H2,1H3;(H2,1,2,3)/q+1;/p-2. The second-order valence-corrected chi connectivity index (χ2v) is 3.79. The molecule has 1 aromatic rings. The molecule has 16 heavy (non-hydrogen) atoms. The van der Waals surface area contributed by atoms with E-state index < -0.39 is 11.4 Å². The Bertz CT molecular complexity index is 276. The molecule has 1 aromatic heterocycles. The Hall–Kier alpha value is -0.780. The first kappa shape index (κ1) is 15.2. The van der Waals surface area contributed by atoms with Crippen molar-refractivity contribution in [1.29, 1.82) is 0 Å². The van der Waals surface area contributed by atoms with Crippen LogP contribution in [0.3, 0.4) is 0 Å². The number of pyridine rings is 1. The zero-order valence-corrected chi connectivity index (χ0v) is 10.3. The van der Waals surface area contributed by atoms with Crippen LogP contribution in [0, 0.1) is 0 Å². The summed E-state index contributed by atoms with van der Waals surface area (Å²) in [4.78, 5) is 0. The van der Waals surface area contributed by atoms with Crippen LogP contribution in [0.2, 0.25) is 0 Å². The summed E-state index contributed by atoms with van der Waals surface area (Å²) < 4.78 is 27.6. The van der Waals surface area contributed by atoms with E-state index in [2.05, 4.69) is 42.1 Å². The van der Waals surface area contributed by atoms with E-state index in [9.17, 15) is 0 Å². The van der Waals surface area contributed by atoms with E-state index in [1.165, 1.54) is 32.2 Å². The van der Waals surface area contributed by atoms with Crippen molar-refractivity contribution in [3.05, 3.63) is 30.6 Å². The van der Waals surface area contributed by atoms with E-state index in [0.29, 0.717) is 0 Å². The van der Waals surface area contributed by atoms with Crippen LogP contribution in [0.4, 0.5) is 0 Å². The monoisotopic (exact) mass is 244 g/mol. The highest BCUT2D eigenvalue weighted by Gasteiger charge is 1.95. The van der Waals surface area contributed by atoms with Gasteiger partial charge in [0.2, 0.25) is 0 Å². The Morgan fingerprint density at radius 1 is 1.06 bits per heavy atom. The topological polar surface area (TPSA) is 67.1 Å². The number of rotatable bonds is 5. The van der Waals surface area contributed by atoms with Crippen molar-refractivity contribution in [3.63, 3.8) is 0 Å². The second-order valence-electron chi connectivity index (χ2n) is 3.38. The third kappa shape index (κ3) is 11.3. The Balaban J connectivity index is 0.000000487. The van der Waals surface area contributed by atoms with E-state index in [1.807, 2.05) is 0 Å². The van der Waals surface area contributed by atoms with E-state index in [0.717, 1.165) is 0 Å². The fourth-order valence-electron chi connectivity index (χ4n) is 1.30. The van der Waals surface area contributed by atoms with Crippen molar-refractivity contribution in [2.75, 3.05) is 0 Å². The molecule has 1 rings (SSSR count). The lowest BCUT2D eigenvalue weighted by atomic mass is 10.2. The minimum atomic E-state index is -3.11. The average molecular weight is 244 g/mol. The number of unbranched alkanes of at least 4 members (excludes halogenated alkanes) is 3. The largest absolute Gasteiger partial charge is 0.784 e. The smallest absolute Gasteiger partial charge is 0.168 e. The number of aryl methyl sites for hydroxylation is 1. The third-order valence-corrected chi connectivity index (χ3v) is 2.05. The molecule has 4 nitrogen and oxygen atoms in total.